The smallest absolute Gasteiger partial charge is 0.293 e. The van der Waals surface area contributed by atoms with Gasteiger partial charge in [-0.3, -0.25) is 14.9 Å². The molecule has 1 unspecified atom stereocenters. The minimum absolute atomic E-state index is 0.135. The number of benzene rings is 3. The number of H-pyrrole nitrogens is 1. The number of nitrogens with one attached hydrogen (secondary N) is 2. The summed E-state index contributed by atoms with van der Waals surface area (Å²) in [7, 11) is 0. The SMILES string of the molecule is Cc1ccc(NC(=O)C(Sc2nc3ccc(C)cc3[nH]2)c2ccccc2)c([N+](=O)[O-])c1. The Kier molecular flexibility index (Phi) is 5.73. The number of amides is 1. The molecule has 0 radical (unpaired) electrons. The summed E-state index contributed by atoms with van der Waals surface area (Å²) in [5.41, 5.74) is 4.37. The molecule has 0 aliphatic heterocycles. The fourth-order valence-electron chi connectivity index (χ4n) is 3.26. The number of rotatable bonds is 6. The second-order valence-electron chi connectivity index (χ2n) is 7.24. The molecule has 0 bridgehead atoms. The molecule has 31 heavy (non-hydrogen) atoms. The van der Waals surface area contributed by atoms with Crippen LogP contribution >= 0.6 is 11.8 Å². The Balaban J connectivity index is 1.67. The van der Waals surface area contributed by atoms with E-state index in [0.717, 1.165) is 27.7 Å². The first-order chi connectivity index (χ1) is 14.9. The third-order valence-corrected chi connectivity index (χ3v) is 5.93. The predicted octanol–water partition coefficient (Wildman–Crippen LogP) is 5.56. The van der Waals surface area contributed by atoms with E-state index in [1.165, 1.54) is 17.8 Å². The number of nitro benzene ring substituents is 1. The third-order valence-electron chi connectivity index (χ3n) is 4.79. The van der Waals surface area contributed by atoms with E-state index >= 15 is 0 Å². The average Bonchev–Trinajstić information content (AvgIpc) is 3.15. The number of nitrogens with zero attached hydrogens (tertiary/aromatic N) is 2. The lowest BCUT2D eigenvalue weighted by molar-refractivity contribution is -0.384. The highest BCUT2D eigenvalue weighted by molar-refractivity contribution is 8.00. The van der Waals surface area contributed by atoms with Crippen LogP contribution in [-0.2, 0) is 4.79 Å². The summed E-state index contributed by atoms with van der Waals surface area (Å²) in [4.78, 5) is 32.0. The van der Waals surface area contributed by atoms with E-state index in [1.807, 2.05) is 55.5 Å². The lowest BCUT2D eigenvalue weighted by atomic mass is 10.1. The first kappa shape index (κ1) is 20.6. The van der Waals surface area contributed by atoms with Gasteiger partial charge in [0.15, 0.2) is 5.16 Å². The highest BCUT2D eigenvalue weighted by atomic mass is 32.2. The molecule has 1 atom stereocenters. The van der Waals surface area contributed by atoms with E-state index in [0.29, 0.717) is 5.16 Å². The largest absolute Gasteiger partial charge is 0.333 e. The lowest BCUT2D eigenvalue weighted by Crippen LogP contribution is -2.20. The van der Waals surface area contributed by atoms with Crippen LogP contribution in [0.2, 0.25) is 0 Å². The van der Waals surface area contributed by atoms with Gasteiger partial charge in [-0.2, -0.15) is 0 Å². The molecule has 0 aliphatic carbocycles. The molecule has 4 rings (SSSR count). The molecule has 3 aromatic carbocycles. The number of hydrogen-bond donors (Lipinski definition) is 2. The Morgan fingerprint density at radius 2 is 1.77 bits per heavy atom. The summed E-state index contributed by atoms with van der Waals surface area (Å²) in [5.74, 6) is -0.361. The molecule has 2 N–H and O–H groups in total. The van der Waals surface area contributed by atoms with Crippen LogP contribution < -0.4 is 5.32 Å². The van der Waals surface area contributed by atoms with E-state index in [1.54, 1.807) is 19.1 Å². The molecule has 1 aromatic heterocycles. The van der Waals surface area contributed by atoms with Gasteiger partial charge < -0.3 is 10.3 Å². The number of imidazole rings is 1. The average molecular weight is 433 g/mol. The molecule has 0 fully saturated rings. The Labute approximate surface area is 183 Å². The number of nitro groups is 1. The summed E-state index contributed by atoms with van der Waals surface area (Å²) in [6.07, 6.45) is 0. The molecule has 1 amide bonds. The van der Waals surface area contributed by atoms with Crippen molar-refractivity contribution in [3.63, 3.8) is 0 Å². The number of carbonyl (C=O) groups excluding carboxylic acids is 1. The second-order valence-corrected chi connectivity index (χ2v) is 8.33. The minimum Gasteiger partial charge on any atom is -0.333 e. The normalized spacial score (nSPS) is 11.9. The second kappa shape index (κ2) is 8.61. The van der Waals surface area contributed by atoms with Crippen molar-refractivity contribution >= 4 is 40.1 Å². The molecular weight excluding hydrogens is 412 g/mol. The molecule has 1 heterocycles. The fraction of sp³-hybridized carbons (Fsp3) is 0.130. The minimum atomic E-state index is -0.649. The maximum Gasteiger partial charge on any atom is 0.293 e. The maximum atomic E-state index is 13.3. The van der Waals surface area contributed by atoms with E-state index in [9.17, 15) is 14.9 Å². The number of carbonyl (C=O) groups is 1. The molecule has 7 nitrogen and oxygen atoms in total. The zero-order valence-corrected chi connectivity index (χ0v) is 17.8. The Hall–Kier alpha value is -3.65. The first-order valence-electron chi connectivity index (χ1n) is 9.64. The topological polar surface area (TPSA) is 101 Å². The quantitative estimate of drug-likeness (QED) is 0.236. The van der Waals surface area contributed by atoms with E-state index < -0.39 is 10.2 Å². The molecule has 4 aromatic rings. The van der Waals surface area contributed by atoms with Gasteiger partial charge in [0.25, 0.3) is 5.69 Å². The van der Waals surface area contributed by atoms with Crippen molar-refractivity contribution in [2.24, 2.45) is 0 Å². The van der Waals surface area contributed by atoms with Crippen molar-refractivity contribution in [2.75, 3.05) is 5.32 Å². The van der Waals surface area contributed by atoms with Crippen LogP contribution in [0.4, 0.5) is 11.4 Å². The van der Waals surface area contributed by atoms with Crippen LogP contribution in [0.5, 0.6) is 0 Å². The summed E-state index contributed by atoms with van der Waals surface area (Å²) < 4.78 is 0. The molecule has 0 spiro atoms. The van der Waals surface area contributed by atoms with Crippen molar-refractivity contribution < 1.29 is 9.72 Å². The number of aromatic nitrogens is 2. The van der Waals surface area contributed by atoms with Crippen molar-refractivity contribution in [1.29, 1.82) is 0 Å². The molecule has 0 saturated heterocycles. The van der Waals surface area contributed by atoms with Gasteiger partial charge in [-0.05, 0) is 48.7 Å². The van der Waals surface area contributed by atoms with Gasteiger partial charge in [0.1, 0.15) is 10.9 Å². The first-order valence-corrected chi connectivity index (χ1v) is 10.5. The van der Waals surface area contributed by atoms with Gasteiger partial charge in [0.05, 0.1) is 16.0 Å². The number of thioether (sulfide) groups is 1. The highest BCUT2D eigenvalue weighted by Gasteiger charge is 2.26. The van der Waals surface area contributed by atoms with Crippen molar-refractivity contribution in [3.05, 3.63) is 93.5 Å². The van der Waals surface area contributed by atoms with Crippen LogP contribution in [0.15, 0.2) is 71.9 Å². The fourth-order valence-corrected chi connectivity index (χ4v) is 4.27. The standard InChI is InChI=1S/C23H20N4O3S/c1-14-8-10-17-19(12-14)26-23(25-17)31-21(16-6-4-3-5-7-16)22(28)24-18-11-9-15(2)13-20(18)27(29)30/h3-13,21H,1-2H3,(H,24,28)(H,25,26). The van der Waals surface area contributed by atoms with Gasteiger partial charge >= 0.3 is 0 Å². The van der Waals surface area contributed by atoms with Crippen LogP contribution in [0.3, 0.4) is 0 Å². The molecule has 8 heteroatoms. The predicted molar refractivity (Wildman–Crippen MR) is 122 cm³/mol. The van der Waals surface area contributed by atoms with Crippen molar-refractivity contribution in [2.45, 2.75) is 24.3 Å². The van der Waals surface area contributed by atoms with Gasteiger partial charge in [-0.25, -0.2) is 4.98 Å². The maximum absolute atomic E-state index is 13.3. The van der Waals surface area contributed by atoms with Crippen LogP contribution in [-0.4, -0.2) is 20.8 Å². The van der Waals surface area contributed by atoms with E-state index in [2.05, 4.69) is 15.3 Å². The Morgan fingerprint density at radius 1 is 1.06 bits per heavy atom. The molecular formula is C23H20N4O3S. The summed E-state index contributed by atoms with van der Waals surface area (Å²) >= 11 is 1.27. The number of hydrogen-bond acceptors (Lipinski definition) is 5. The Bertz CT molecular complexity index is 1270. The van der Waals surface area contributed by atoms with Crippen LogP contribution in [0.1, 0.15) is 21.9 Å². The van der Waals surface area contributed by atoms with Gasteiger partial charge in [0.2, 0.25) is 5.91 Å². The van der Waals surface area contributed by atoms with Crippen LogP contribution in [0.25, 0.3) is 11.0 Å². The van der Waals surface area contributed by atoms with Gasteiger partial charge in [-0.15, -0.1) is 0 Å². The summed E-state index contributed by atoms with van der Waals surface area (Å²) in [6, 6.07) is 19.9. The third kappa shape index (κ3) is 4.59. The summed E-state index contributed by atoms with van der Waals surface area (Å²) in [6.45, 7) is 3.77. The number of anilines is 1. The van der Waals surface area contributed by atoms with Gasteiger partial charge in [-0.1, -0.05) is 54.2 Å². The summed E-state index contributed by atoms with van der Waals surface area (Å²) in [5, 5.41) is 14.1. The number of aromatic amines is 1. The van der Waals surface area contributed by atoms with Crippen molar-refractivity contribution in [1.82, 2.24) is 9.97 Å². The lowest BCUT2D eigenvalue weighted by Gasteiger charge is -2.16. The zero-order valence-electron chi connectivity index (χ0n) is 17.0. The van der Waals surface area contributed by atoms with E-state index in [-0.39, 0.29) is 17.3 Å². The highest BCUT2D eigenvalue weighted by Crippen LogP contribution is 2.36. The zero-order chi connectivity index (χ0) is 22.0. The van der Waals surface area contributed by atoms with E-state index in [4.69, 9.17) is 0 Å². The molecule has 156 valence electrons. The number of aryl methyl sites for hydroxylation is 2. The van der Waals surface area contributed by atoms with Crippen molar-refractivity contribution in [3.8, 4) is 0 Å². The van der Waals surface area contributed by atoms with Crippen LogP contribution in [0, 0.1) is 24.0 Å². The van der Waals surface area contributed by atoms with Gasteiger partial charge in [0, 0.05) is 6.07 Å². The molecule has 0 aliphatic rings. The Morgan fingerprint density at radius 3 is 2.52 bits per heavy atom. The monoisotopic (exact) mass is 432 g/mol. The molecule has 0 saturated carbocycles. The number of fused-ring (bicyclic) bond motifs is 1.